The number of methoxy groups -OCH3 is 1. The van der Waals surface area contributed by atoms with Gasteiger partial charge in [-0.3, -0.25) is 0 Å². The first-order valence-electron chi connectivity index (χ1n) is 7.80. The predicted octanol–water partition coefficient (Wildman–Crippen LogP) is 3.01. The largest absolute Gasteiger partial charge is 0.494 e. The molecule has 2 aromatic rings. The van der Waals surface area contributed by atoms with E-state index in [-0.39, 0.29) is 0 Å². The summed E-state index contributed by atoms with van der Waals surface area (Å²) in [6.07, 6.45) is 7.21. The third-order valence-corrected chi connectivity index (χ3v) is 4.32. The van der Waals surface area contributed by atoms with E-state index in [0.29, 0.717) is 5.92 Å². The van der Waals surface area contributed by atoms with Gasteiger partial charge in [-0.25, -0.2) is 4.68 Å². The van der Waals surface area contributed by atoms with E-state index < -0.39 is 0 Å². The first-order valence-corrected chi connectivity index (χ1v) is 7.80. The molecule has 4 heteroatoms. The van der Waals surface area contributed by atoms with Crippen LogP contribution in [0.4, 0.5) is 0 Å². The molecule has 1 N–H and O–H groups in total. The molecule has 0 atom stereocenters. The molecule has 2 aliphatic rings. The fraction of sp³-hybridized carbons (Fsp3) is 0.471. The molecule has 0 bridgehead atoms. The molecule has 0 spiro atoms. The molecule has 0 aliphatic heterocycles. The first-order chi connectivity index (χ1) is 10.4. The SMILES string of the molecule is COc1ccccc1-n1ncc(CNC2CC2)c1C1CC1. The van der Waals surface area contributed by atoms with Crippen molar-refractivity contribution in [2.24, 2.45) is 0 Å². The highest BCUT2D eigenvalue weighted by Crippen LogP contribution is 2.43. The van der Waals surface area contributed by atoms with Crippen LogP contribution in [0.25, 0.3) is 5.69 Å². The van der Waals surface area contributed by atoms with Crippen molar-refractivity contribution in [1.82, 2.24) is 15.1 Å². The lowest BCUT2D eigenvalue weighted by molar-refractivity contribution is 0.411. The van der Waals surface area contributed by atoms with Crippen LogP contribution >= 0.6 is 0 Å². The van der Waals surface area contributed by atoms with Crippen LogP contribution in [0.5, 0.6) is 5.75 Å². The zero-order valence-electron chi connectivity index (χ0n) is 12.4. The van der Waals surface area contributed by atoms with Gasteiger partial charge in [0.05, 0.1) is 19.0 Å². The summed E-state index contributed by atoms with van der Waals surface area (Å²) >= 11 is 0. The van der Waals surface area contributed by atoms with E-state index in [4.69, 9.17) is 4.74 Å². The lowest BCUT2D eigenvalue weighted by Gasteiger charge is -2.12. The van der Waals surface area contributed by atoms with Crippen molar-refractivity contribution in [1.29, 1.82) is 0 Å². The van der Waals surface area contributed by atoms with Crippen LogP contribution < -0.4 is 10.1 Å². The highest BCUT2D eigenvalue weighted by atomic mass is 16.5. The van der Waals surface area contributed by atoms with Gasteiger partial charge in [0, 0.05) is 24.1 Å². The fourth-order valence-electron chi connectivity index (χ4n) is 2.86. The Hall–Kier alpha value is -1.81. The summed E-state index contributed by atoms with van der Waals surface area (Å²) in [5, 5.41) is 8.26. The molecular weight excluding hydrogens is 262 g/mol. The van der Waals surface area contributed by atoms with Crippen molar-refractivity contribution in [3.63, 3.8) is 0 Å². The molecule has 4 rings (SSSR count). The average molecular weight is 283 g/mol. The van der Waals surface area contributed by atoms with Crippen molar-refractivity contribution < 1.29 is 4.74 Å². The number of rotatable bonds is 6. The van der Waals surface area contributed by atoms with Crippen molar-refractivity contribution in [2.75, 3.05) is 7.11 Å². The Balaban J connectivity index is 1.70. The summed E-state index contributed by atoms with van der Waals surface area (Å²) in [5.74, 6) is 1.54. The normalized spacial score (nSPS) is 18.0. The van der Waals surface area contributed by atoms with Crippen LogP contribution in [0, 0.1) is 0 Å². The molecule has 0 unspecified atom stereocenters. The molecule has 2 fully saturated rings. The van der Waals surface area contributed by atoms with Gasteiger partial charge >= 0.3 is 0 Å². The Bertz CT molecular complexity index is 641. The van der Waals surface area contributed by atoms with Crippen LogP contribution in [0.2, 0.25) is 0 Å². The summed E-state index contributed by atoms with van der Waals surface area (Å²) in [7, 11) is 1.72. The number of aromatic nitrogens is 2. The lowest BCUT2D eigenvalue weighted by atomic mass is 10.1. The fourth-order valence-corrected chi connectivity index (χ4v) is 2.86. The van der Waals surface area contributed by atoms with Gasteiger partial charge in [-0.1, -0.05) is 12.1 Å². The molecule has 2 saturated carbocycles. The summed E-state index contributed by atoms with van der Waals surface area (Å²) in [4.78, 5) is 0. The average Bonchev–Trinajstić information content (AvgIpc) is 3.44. The van der Waals surface area contributed by atoms with Gasteiger partial charge in [0.25, 0.3) is 0 Å². The topological polar surface area (TPSA) is 39.1 Å². The molecule has 1 aromatic carbocycles. The van der Waals surface area contributed by atoms with Gasteiger partial charge < -0.3 is 10.1 Å². The number of nitrogens with one attached hydrogen (secondary N) is 1. The second-order valence-electron chi connectivity index (χ2n) is 6.07. The Morgan fingerprint density at radius 3 is 2.76 bits per heavy atom. The smallest absolute Gasteiger partial charge is 0.144 e. The van der Waals surface area contributed by atoms with E-state index in [2.05, 4.69) is 21.2 Å². The van der Waals surface area contributed by atoms with Crippen molar-refractivity contribution in [3.8, 4) is 11.4 Å². The van der Waals surface area contributed by atoms with E-state index in [1.165, 1.54) is 36.9 Å². The Kier molecular flexibility index (Phi) is 3.19. The summed E-state index contributed by atoms with van der Waals surface area (Å²) in [6.45, 7) is 0.936. The van der Waals surface area contributed by atoms with Crippen molar-refractivity contribution >= 4 is 0 Å². The highest BCUT2D eigenvalue weighted by Gasteiger charge is 2.31. The molecule has 110 valence electrons. The summed E-state index contributed by atoms with van der Waals surface area (Å²) in [5.41, 5.74) is 3.75. The number of ether oxygens (including phenoxy) is 1. The molecule has 0 amide bonds. The molecule has 4 nitrogen and oxygen atoms in total. The molecule has 0 saturated heterocycles. The Morgan fingerprint density at radius 1 is 1.24 bits per heavy atom. The second kappa shape index (κ2) is 5.19. The van der Waals surface area contributed by atoms with Crippen LogP contribution in [0.3, 0.4) is 0 Å². The summed E-state index contributed by atoms with van der Waals surface area (Å²) in [6, 6.07) is 8.84. The van der Waals surface area contributed by atoms with Gasteiger partial charge in [-0.15, -0.1) is 0 Å². The van der Waals surface area contributed by atoms with Gasteiger partial charge in [0.15, 0.2) is 0 Å². The molecular formula is C17H21N3O. The Morgan fingerprint density at radius 2 is 2.05 bits per heavy atom. The standard InChI is InChI=1S/C17H21N3O/c1-21-16-5-3-2-4-15(16)20-17(12-6-7-12)13(11-19-20)10-18-14-8-9-14/h2-5,11-12,14,18H,6-10H2,1H3. The maximum atomic E-state index is 5.50. The van der Waals surface area contributed by atoms with E-state index in [9.17, 15) is 0 Å². The van der Waals surface area contributed by atoms with Gasteiger partial charge in [-0.2, -0.15) is 5.10 Å². The zero-order chi connectivity index (χ0) is 14.2. The van der Waals surface area contributed by atoms with Crippen molar-refractivity contribution in [3.05, 3.63) is 41.7 Å². The predicted molar refractivity (Wildman–Crippen MR) is 82.0 cm³/mol. The number of benzene rings is 1. The van der Waals surface area contributed by atoms with E-state index in [1.54, 1.807) is 7.11 Å². The Labute approximate surface area is 125 Å². The van der Waals surface area contributed by atoms with Gasteiger partial charge in [0.1, 0.15) is 11.4 Å². The minimum Gasteiger partial charge on any atom is -0.494 e. The lowest BCUT2D eigenvalue weighted by Crippen LogP contribution is -2.16. The number of hydrogen-bond acceptors (Lipinski definition) is 3. The maximum absolute atomic E-state index is 5.50. The monoisotopic (exact) mass is 283 g/mol. The summed E-state index contributed by atoms with van der Waals surface area (Å²) < 4.78 is 7.58. The molecule has 2 aliphatic carbocycles. The van der Waals surface area contributed by atoms with E-state index in [0.717, 1.165) is 24.0 Å². The van der Waals surface area contributed by atoms with Crippen LogP contribution in [-0.2, 0) is 6.54 Å². The highest BCUT2D eigenvalue weighted by molar-refractivity contribution is 5.48. The molecule has 21 heavy (non-hydrogen) atoms. The van der Waals surface area contributed by atoms with Crippen molar-refractivity contribution in [2.45, 2.75) is 44.2 Å². The van der Waals surface area contributed by atoms with Crippen LogP contribution in [-0.4, -0.2) is 22.9 Å². The zero-order valence-corrected chi connectivity index (χ0v) is 12.4. The third kappa shape index (κ3) is 2.56. The molecule has 0 radical (unpaired) electrons. The molecule has 1 heterocycles. The van der Waals surface area contributed by atoms with Crippen LogP contribution in [0.15, 0.2) is 30.5 Å². The van der Waals surface area contributed by atoms with Crippen LogP contribution in [0.1, 0.15) is 42.9 Å². The first kappa shape index (κ1) is 12.9. The minimum absolute atomic E-state index is 0.661. The number of hydrogen-bond donors (Lipinski definition) is 1. The minimum atomic E-state index is 0.661. The van der Waals surface area contributed by atoms with Gasteiger partial charge in [-0.05, 0) is 37.8 Å². The maximum Gasteiger partial charge on any atom is 0.144 e. The number of para-hydroxylation sites is 2. The van der Waals surface area contributed by atoms with E-state index in [1.807, 2.05) is 24.4 Å². The third-order valence-electron chi connectivity index (χ3n) is 4.32. The number of nitrogens with zero attached hydrogens (tertiary/aromatic N) is 2. The second-order valence-corrected chi connectivity index (χ2v) is 6.07. The quantitative estimate of drug-likeness (QED) is 0.885. The van der Waals surface area contributed by atoms with E-state index >= 15 is 0 Å². The van der Waals surface area contributed by atoms with Gasteiger partial charge in [0.2, 0.25) is 0 Å². The molecule has 1 aromatic heterocycles.